The lowest BCUT2D eigenvalue weighted by Gasteiger charge is -2.42. The fourth-order valence-corrected chi connectivity index (χ4v) is 6.61. The molecule has 1 aromatic carbocycles. The number of hydrogen-bond acceptors (Lipinski definition) is 6. The number of aliphatic hydroxyl groups is 1. The lowest BCUT2D eigenvalue weighted by atomic mass is 9.77. The molecule has 7 heteroatoms. The molecule has 1 saturated carbocycles. The van der Waals surface area contributed by atoms with Crippen molar-refractivity contribution < 1.29 is 9.32 Å². The van der Waals surface area contributed by atoms with Crippen molar-refractivity contribution in [3.05, 3.63) is 46.7 Å². The smallest absolute Gasteiger partial charge is 0.227 e. The molecule has 32 heavy (non-hydrogen) atoms. The van der Waals surface area contributed by atoms with Crippen LogP contribution in [0.15, 0.2) is 29.2 Å². The minimum Gasteiger partial charge on any atom is -0.394 e. The zero-order valence-corrected chi connectivity index (χ0v) is 19.2. The van der Waals surface area contributed by atoms with Crippen molar-refractivity contribution in [1.29, 1.82) is 0 Å². The van der Waals surface area contributed by atoms with Crippen molar-refractivity contribution in [2.75, 3.05) is 35.7 Å². The van der Waals surface area contributed by atoms with Crippen LogP contribution in [0.5, 0.6) is 0 Å². The Morgan fingerprint density at radius 2 is 1.97 bits per heavy atom. The van der Waals surface area contributed by atoms with Gasteiger partial charge in [-0.2, -0.15) is 4.98 Å². The van der Waals surface area contributed by atoms with E-state index in [4.69, 9.17) is 9.97 Å². The van der Waals surface area contributed by atoms with Gasteiger partial charge in [0.05, 0.1) is 28.6 Å². The molecule has 2 aliphatic carbocycles. The quantitative estimate of drug-likeness (QED) is 0.728. The van der Waals surface area contributed by atoms with Gasteiger partial charge in [-0.3, -0.25) is 4.21 Å². The van der Waals surface area contributed by atoms with Crippen LogP contribution in [0.3, 0.4) is 0 Å². The monoisotopic (exact) mass is 450 g/mol. The Morgan fingerprint density at radius 3 is 2.62 bits per heavy atom. The van der Waals surface area contributed by atoms with E-state index >= 15 is 0 Å². The van der Waals surface area contributed by atoms with Crippen LogP contribution in [0.1, 0.15) is 54.5 Å². The van der Waals surface area contributed by atoms with Crippen molar-refractivity contribution in [2.24, 2.45) is 0 Å². The van der Waals surface area contributed by atoms with E-state index in [2.05, 4.69) is 34.5 Å². The summed E-state index contributed by atoms with van der Waals surface area (Å²) in [4.78, 5) is 12.7. The fourth-order valence-electron chi connectivity index (χ4n) is 5.28. The van der Waals surface area contributed by atoms with Gasteiger partial charge in [0.15, 0.2) is 0 Å². The van der Waals surface area contributed by atoms with E-state index in [1.807, 2.05) is 0 Å². The van der Waals surface area contributed by atoms with Gasteiger partial charge in [0.2, 0.25) is 5.95 Å². The molecular weight excluding hydrogens is 420 g/mol. The number of hydrogen-bond donors (Lipinski definition) is 2. The summed E-state index contributed by atoms with van der Waals surface area (Å²) in [5, 5.41) is 13.5. The standard InChI is InChI=1S/C25H30N4O2S/c30-16-25(10-2-11-25)28-23-22-21(3-1-14-32(22)31)26-24(27-23)29-12-8-18(9-13-29)20-7-5-17-4-6-19(17)15-20/h5,7-8,15,30H,1-4,6,9-14,16H2,(H,26,27,28)/t32-/m0/s1. The van der Waals surface area contributed by atoms with Gasteiger partial charge in [-0.1, -0.05) is 24.3 Å². The lowest BCUT2D eigenvalue weighted by molar-refractivity contribution is 0.143. The molecule has 4 aliphatic rings. The van der Waals surface area contributed by atoms with Crippen LogP contribution in [0.4, 0.5) is 11.8 Å². The zero-order valence-electron chi connectivity index (χ0n) is 18.4. The average molecular weight is 451 g/mol. The Kier molecular flexibility index (Phi) is 5.06. The molecule has 2 aliphatic heterocycles. The highest BCUT2D eigenvalue weighted by atomic mass is 32.2. The van der Waals surface area contributed by atoms with E-state index in [0.29, 0.717) is 17.5 Å². The molecule has 0 radical (unpaired) electrons. The maximum Gasteiger partial charge on any atom is 0.227 e. The highest BCUT2D eigenvalue weighted by Gasteiger charge is 2.38. The summed E-state index contributed by atoms with van der Waals surface area (Å²) in [6.07, 6.45) is 10.4. The first-order chi connectivity index (χ1) is 15.6. The van der Waals surface area contributed by atoms with E-state index < -0.39 is 10.8 Å². The van der Waals surface area contributed by atoms with Crippen LogP contribution < -0.4 is 10.2 Å². The van der Waals surface area contributed by atoms with Crippen molar-refractivity contribution in [1.82, 2.24) is 9.97 Å². The summed E-state index contributed by atoms with van der Waals surface area (Å²) in [5.41, 5.74) is 6.33. The first-order valence-electron chi connectivity index (χ1n) is 11.9. The Hall–Kier alpha value is -2.25. The van der Waals surface area contributed by atoms with Gasteiger partial charge in [-0.05, 0) is 73.6 Å². The van der Waals surface area contributed by atoms with Gasteiger partial charge < -0.3 is 15.3 Å². The van der Waals surface area contributed by atoms with Crippen LogP contribution in [0.2, 0.25) is 0 Å². The molecule has 2 aromatic rings. The van der Waals surface area contributed by atoms with Crippen LogP contribution in [-0.4, -0.2) is 50.3 Å². The summed E-state index contributed by atoms with van der Waals surface area (Å²) < 4.78 is 12.8. The lowest BCUT2D eigenvalue weighted by Crippen LogP contribution is -2.49. The van der Waals surface area contributed by atoms with Gasteiger partial charge in [-0.15, -0.1) is 0 Å². The highest BCUT2D eigenvalue weighted by molar-refractivity contribution is 7.85. The number of nitrogens with one attached hydrogen (secondary N) is 1. The number of aromatic nitrogens is 2. The molecule has 6 rings (SSSR count). The fraction of sp³-hybridized carbons (Fsp3) is 0.520. The first kappa shape index (κ1) is 20.4. The van der Waals surface area contributed by atoms with Gasteiger partial charge >= 0.3 is 0 Å². The molecule has 1 atom stereocenters. The van der Waals surface area contributed by atoms with Gasteiger partial charge in [0.1, 0.15) is 10.7 Å². The Balaban J connectivity index is 1.29. The number of nitrogens with zero attached hydrogens (tertiary/aromatic N) is 3. The van der Waals surface area contributed by atoms with Gasteiger partial charge in [0, 0.05) is 18.8 Å². The Bertz CT molecular complexity index is 1120. The van der Waals surface area contributed by atoms with Crippen LogP contribution in [-0.2, 0) is 30.1 Å². The molecule has 0 bridgehead atoms. The summed E-state index contributed by atoms with van der Waals surface area (Å²) in [7, 11) is -1.08. The first-order valence-corrected chi connectivity index (χ1v) is 13.2. The molecule has 168 valence electrons. The summed E-state index contributed by atoms with van der Waals surface area (Å²) >= 11 is 0. The number of rotatable bonds is 5. The van der Waals surface area contributed by atoms with E-state index in [-0.39, 0.29) is 12.1 Å². The molecule has 1 aromatic heterocycles. The normalized spacial score (nSPS) is 23.3. The summed E-state index contributed by atoms with van der Waals surface area (Å²) in [6.45, 7) is 1.72. The predicted molar refractivity (Wildman–Crippen MR) is 128 cm³/mol. The minimum atomic E-state index is -1.08. The molecule has 6 nitrogen and oxygen atoms in total. The van der Waals surface area contributed by atoms with E-state index in [0.717, 1.165) is 62.2 Å². The molecule has 2 N–H and O–H groups in total. The molecule has 3 heterocycles. The maximum absolute atomic E-state index is 12.8. The van der Waals surface area contributed by atoms with E-state index in [1.54, 1.807) is 0 Å². The Morgan fingerprint density at radius 1 is 1.09 bits per heavy atom. The third-order valence-electron chi connectivity index (χ3n) is 7.62. The second kappa shape index (κ2) is 7.96. The molecule has 0 unspecified atom stereocenters. The third-order valence-corrected chi connectivity index (χ3v) is 9.17. The molecule has 0 spiro atoms. The van der Waals surface area contributed by atoms with E-state index in [9.17, 15) is 9.32 Å². The van der Waals surface area contributed by atoms with Crippen LogP contribution in [0.25, 0.3) is 5.57 Å². The predicted octanol–water partition coefficient (Wildman–Crippen LogP) is 3.25. The van der Waals surface area contributed by atoms with Crippen molar-refractivity contribution >= 4 is 28.1 Å². The van der Waals surface area contributed by atoms with Crippen molar-refractivity contribution in [3.63, 3.8) is 0 Å². The maximum atomic E-state index is 12.8. The van der Waals surface area contributed by atoms with Crippen LogP contribution >= 0.6 is 0 Å². The third kappa shape index (κ3) is 3.46. The van der Waals surface area contributed by atoms with Crippen molar-refractivity contribution in [3.8, 4) is 0 Å². The molecule has 1 fully saturated rings. The SMILES string of the molecule is O=[S@]1CCCc2nc(N3CC=C(c4ccc5c(c4)CC5)CC3)nc(NC3(CO)CCC3)c21. The minimum absolute atomic E-state index is 0.0737. The second-order valence-corrected chi connectivity index (χ2v) is 11.1. The number of benzene rings is 1. The number of aliphatic hydroxyl groups excluding tert-OH is 1. The number of anilines is 2. The van der Waals surface area contributed by atoms with Crippen molar-refractivity contribution in [2.45, 2.75) is 61.8 Å². The highest BCUT2D eigenvalue weighted by Crippen LogP contribution is 2.38. The summed E-state index contributed by atoms with van der Waals surface area (Å²) in [6, 6.07) is 6.91. The summed E-state index contributed by atoms with van der Waals surface area (Å²) in [5.74, 6) is 2.05. The average Bonchev–Trinajstić information content (AvgIpc) is 2.77. The number of aryl methyl sites for hydroxylation is 3. The second-order valence-electron chi connectivity index (χ2n) is 9.63. The van der Waals surface area contributed by atoms with Gasteiger partial charge in [0.25, 0.3) is 0 Å². The molecule has 0 saturated heterocycles. The van der Waals surface area contributed by atoms with E-state index in [1.165, 1.54) is 35.1 Å². The van der Waals surface area contributed by atoms with Crippen LogP contribution in [0, 0.1) is 0 Å². The topological polar surface area (TPSA) is 78.4 Å². The zero-order chi connectivity index (χ0) is 21.7. The number of fused-ring (bicyclic) bond motifs is 2. The molecule has 0 amide bonds. The Labute approximate surface area is 191 Å². The largest absolute Gasteiger partial charge is 0.394 e. The van der Waals surface area contributed by atoms with Gasteiger partial charge in [-0.25, -0.2) is 4.98 Å². The molecular formula is C25H30N4O2S.